The number of benzene rings is 1. The number of carboxylic acid groups (broad SMARTS) is 1. The van der Waals surface area contributed by atoms with Gasteiger partial charge in [0, 0.05) is 0 Å². The molecule has 1 aromatic rings. The van der Waals surface area contributed by atoms with Crippen molar-refractivity contribution in [3.8, 4) is 5.75 Å². The quantitative estimate of drug-likeness (QED) is 0.867. The summed E-state index contributed by atoms with van der Waals surface area (Å²) in [4.78, 5) is 11.0. The Bertz CT molecular complexity index is 493. The van der Waals surface area contributed by atoms with Crippen molar-refractivity contribution >= 4 is 5.97 Å². The summed E-state index contributed by atoms with van der Waals surface area (Å²) in [6, 6.07) is 5.06. The Balaban J connectivity index is 2.32. The number of rotatable bonds is 3. The normalized spacial score (nSPS) is 26.7. The summed E-state index contributed by atoms with van der Waals surface area (Å²) in [5.41, 5.74) is 1.07. The Morgan fingerprint density at radius 1 is 1.30 bits per heavy atom. The van der Waals surface area contributed by atoms with Gasteiger partial charge in [0.1, 0.15) is 11.3 Å². The first kappa shape index (κ1) is 14.9. The van der Waals surface area contributed by atoms with Crippen molar-refractivity contribution in [3.63, 3.8) is 0 Å². The zero-order chi connectivity index (χ0) is 14.9. The predicted octanol–water partition coefficient (Wildman–Crippen LogP) is 4.27. The van der Waals surface area contributed by atoms with Gasteiger partial charge in [0.05, 0.1) is 0 Å². The first-order valence-electron chi connectivity index (χ1n) is 7.46. The second kappa shape index (κ2) is 5.86. The molecule has 110 valence electrons. The Morgan fingerprint density at radius 2 is 2.00 bits per heavy atom. The Kier molecular flexibility index (Phi) is 4.36. The molecule has 3 heteroatoms. The van der Waals surface area contributed by atoms with Crippen LogP contribution in [-0.2, 0) is 0 Å². The summed E-state index contributed by atoms with van der Waals surface area (Å²) in [6.07, 6.45) is 3.60. The van der Waals surface area contributed by atoms with Crippen LogP contribution in [0.4, 0.5) is 0 Å². The average molecular weight is 276 g/mol. The van der Waals surface area contributed by atoms with Crippen LogP contribution in [-0.4, -0.2) is 16.2 Å². The highest BCUT2D eigenvalue weighted by Crippen LogP contribution is 2.44. The van der Waals surface area contributed by atoms with E-state index >= 15 is 0 Å². The molecule has 3 atom stereocenters. The molecular weight excluding hydrogens is 252 g/mol. The number of carbonyl (C=O) groups is 1. The lowest BCUT2D eigenvalue weighted by Gasteiger charge is -2.37. The highest BCUT2D eigenvalue weighted by molar-refractivity contribution is 5.90. The first-order chi connectivity index (χ1) is 9.40. The van der Waals surface area contributed by atoms with E-state index in [0.717, 1.165) is 12.0 Å². The number of hydrogen-bond acceptors (Lipinski definition) is 2. The largest absolute Gasteiger partial charge is 0.507 e. The second-order valence-electron chi connectivity index (χ2n) is 6.51. The molecular formula is C17H24O3. The molecule has 0 heterocycles. The van der Waals surface area contributed by atoms with E-state index < -0.39 is 5.97 Å². The lowest BCUT2D eigenvalue weighted by Crippen LogP contribution is -2.26. The fourth-order valence-electron chi connectivity index (χ4n) is 3.55. The molecule has 0 aliphatic heterocycles. The van der Waals surface area contributed by atoms with E-state index in [1.807, 2.05) is 6.07 Å². The van der Waals surface area contributed by atoms with Gasteiger partial charge in [-0.2, -0.15) is 0 Å². The van der Waals surface area contributed by atoms with Crippen molar-refractivity contribution in [2.75, 3.05) is 0 Å². The lowest BCUT2D eigenvalue weighted by molar-refractivity contribution is 0.0693. The lowest BCUT2D eigenvalue weighted by atomic mass is 9.67. The summed E-state index contributed by atoms with van der Waals surface area (Å²) in [5.74, 6) is 1.14. The van der Waals surface area contributed by atoms with Gasteiger partial charge >= 0.3 is 5.97 Å². The molecule has 1 fully saturated rings. The van der Waals surface area contributed by atoms with Crippen LogP contribution in [0, 0.1) is 17.8 Å². The SMILES string of the molecule is CC1CCC(C(C)C)C(c2ccc(C(=O)O)c(O)c2)C1. The van der Waals surface area contributed by atoms with Crippen LogP contribution in [0.25, 0.3) is 0 Å². The minimum Gasteiger partial charge on any atom is -0.507 e. The van der Waals surface area contributed by atoms with Gasteiger partial charge in [0.15, 0.2) is 0 Å². The van der Waals surface area contributed by atoms with Gasteiger partial charge in [-0.15, -0.1) is 0 Å². The maximum Gasteiger partial charge on any atom is 0.339 e. The van der Waals surface area contributed by atoms with Gasteiger partial charge in [0.2, 0.25) is 0 Å². The van der Waals surface area contributed by atoms with E-state index in [2.05, 4.69) is 20.8 Å². The molecule has 0 amide bonds. The standard InChI is InChI=1S/C17H24O3/c1-10(2)13-6-4-11(3)8-15(13)12-5-7-14(17(19)20)16(18)9-12/h5,7,9-11,13,15,18H,4,6,8H2,1-3H3,(H,19,20). The monoisotopic (exact) mass is 276 g/mol. The maximum absolute atomic E-state index is 11.0. The van der Waals surface area contributed by atoms with Crippen LogP contribution in [0.1, 0.15) is 61.9 Å². The third kappa shape index (κ3) is 2.97. The third-order valence-electron chi connectivity index (χ3n) is 4.70. The molecule has 2 rings (SSSR count). The summed E-state index contributed by atoms with van der Waals surface area (Å²) in [6.45, 7) is 6.77. The van der Waals surface area contributed by atoms with Crippen LogP contribution >= 0.6 is 0 Å². The molecule has 1 aliphatic carbocycles. The topological polar surface area (TPSA) is 57.5 Å². The Morgan fingerprint density at radius 3 is 2.55 bits per heavy atom. The van der Waals surface area contributed by atoms with Crippen molar-refractivity contribution in [1.29, 1.82) is 0 Å². The van der Waals surface area contributed by atoms with Crippen molar-refractivity contribution in [2.45, 2.75) is 46.0 Å². The van der Waals surface area contributed by atoms with E-state index in [0.29, 0.717) is 23.7 Å². The van der Waals surface area contributed by atoms with Crippen LogP contribution in [0.5, 0.6) is 5.75 Å². The molecule has 2 N–H and O–H groups in total. The van der Waals surface area contributed by atoms with E-state index in [4.69, 9.17) is 5.11 Å². The molecule has 0 saturated heterocycles. The molecule has 0 spiro atoms. The van der Waals surface area contributed by atoms with E-state index in [-0.39, 0.29) is 11.3 Å². The van der Waals surface area contributed by atoms with Gasteiger partial charge < -0.3 is 10.2 Å². The second-order valence-corrected chi connectivity index (χ2v) is 6.51. The van der Waals surface area contributed by atoms with E-state index in [9.17, 15) is 9.90 Å². The van der Waals surface area contributed by atoms with Crippen LogP contribution in [0.15, 0.2) is 18.2 Å². The molecule has 3 unspecified atom stereocenters. The van der Waals surface area contributed by atoms with Gasteiger partial charge in [-0.25, -0.2) is 4.79 Å². The van der Waals surface area contributed by atoms with Crippen LogP contribution < -0.4 is 0 Å². The van der Waals surface area contributed by atoms with Gasteiger partial charge in [-0.3, -0.25) is 0 Å². The highest BCUT2D eigenvalue weighted by Gasteiger charge is 2.32. The molecule has 1 aliphatic rings. The minimum absolute atomic E-state index is 0.0151. The van der Waals surface area contributed by atoms with Crippen molar-refractivity contribution in [3.05, 3.63) is 29.3 Å². The third-order valence-corrected chi connectivity index (χ3v) is 4.70. The number of aromatic hydroxyl groups is 1. The van der Waals surface area contributed by atoms with E-state index in [1.165, 1.54) is 18.9 Å². The molecule has 0 aromatic heterocycles. The molecule has 3 nitrogen and oxygen atoms in total. The Hall–Kier alpha value is -1.51. The molecule has 1 saturated carbocycles. The molecule has 20 heavy (non-hydrogen) atoms. The number of carboxylic acids is 1. The van der Waals surface area contributed by atoms with Gasteiger partial charge in [-0.05, 0) is 54.2 Å². The van der Waals surface area contributed by atoms with Crippen molar-refractivity contribution in [1.82, 2.24) is 0 Å². The van der Waals surface area contributed by atoms with E-state index in [1.54, 1.807) is 6.07 Å². The number of phenols is 1. The zero-order valence-electron chi connectivity index (χ0n) is 12.5. The minimum atomic E-state index is -1.08. The fraction of sp³-hybridized carbons (Fsp3) is 0.588. The Labute approximate surface area is 120 Å². The molecule has 0 radical (unpaired) electrons. The summed E-state index contributed by atoms with van der Waals surface area (Å²) in [5, 5.41) is 18.9. The van der Waals surface area contributed by atoms with Crippen LogP contribution in [0.3, 0.4) is 0 Å². The summed E-state index contributed by atoms with van der Waals surface area (Å²) < 4.78 is 0. The summed E-state index contributed by atoms with van der Waals surface area (Å²) in [7, 11) is 0. The van der Waals surface area contributed by atoms with Crippen molar-refractivity contribution in [2.24, 2.45) is 17.8 Å². The smallest absolute Gasteiger partial charge is 0.339 e. The van der Waals surface area contributed by atoms with Crippen molar-refractivity contribution < 1.29 is 15.0 Å². The van der Waals surface area contributed by atoms with Gasteiger partial charge in [-0.1, -0.05) is 33.3 Å². The molecule has 1 aromatic carbocycles. The predicted molar refractivity (Wildman–Crippen MR) is 79.2 cm³/mol. The van der Waals surface area contributed by atoms with Gasteiger partial charge in [0.25, 0.3) is 0 Å². The fourth-order valence-corrected chi connectivity index (χ4v) is 3.55. The van der Waals surface area contributed by atoms with Crippen LogP contribution in [0.2, 0.25) is 0 Å². The summed E-state index contributed by atoms with van der Waals surface area (Å²) >= 11 is 0. The number of aromatic carboxylic acids is 1. The maximum atomic E-state index is 11.0. The first-order valence-corrected chi connectivity index (χ1v) is 7.46. The average Bonchev–Trinajstić information content (AvgIpc) is 2.37. The zero-order valence-corrected chi connectivity index (χ0v) is 12.5. The molecule has 0 bridgehead atoms. The number of hydrogen-bond donors (Lipinski definition) is 2. The highest BCUT2D eigenvalue weighted by atomic mass is 16.4.